The van der Waals surface area contributed by atoms with Gasteiger partial charge in [0.25, 0.3) is 0 Å². The molecule has 0 aromatic heterocycles. The van der Waals surface area contributed by atoms with Crippen molar-refractivity contribution >= 4 is 15.8 Å². The van der Waals surface area contributed by atoms with Gasteiger partial charge in [0, 0.05) is 6.42 Å². The van der Waals surface area contributed by atoms with Crippen molar-refractivity contribution in [1.29, 1.82) is 0 Å². The van der Waals surface area contributed by atoms with Crippen LogP contribution in [0.5, 0.6) is 0 Å². The van der Waals surface area contributed by atoms with E-state index in [-0.39, 0.29) is 24.3 Å². The molecule has 0 aromatic rings. The third kappa shape index (κ3) is 2.07. The molecule has 1 rings (SSSR count). The van der Waals surface area contributed by atoms with Crippen LogP contribution in [0.4, 0.5) is 0 Å². The molecule has 0 radical (unpaired) electrons. The summed E-state index contributed by atoms with van der Waals surface area (Å²) in [5.74, 6) is 3.88. The van der Waals surface area contributed by atoms with Crippen LogP contribution in [-0.2, 0) is 14.6 Å². The first-order valence-electron chi connectivity index (χ1n) is 4.25. The van der Waals surface area contributed by atoms with Gasteiger partial charge in [0.15, 0.2) is 9.84 Å². The van der Waals surface area contributed by atoms with Gasteiger partial charge in [0.1, 0.15) is 0 Å². The van der Waals surface area contributed by atoms with E-state index in [0.29, 0.717) is 0 Å². The average Bonchev–Trinajstić information content (AvgIpc) is 2.40. The molecule has 1 unspecified atom stereocenters. The van der Waals surface area contributed by atoms with Crippen LogP contribution in [0.2, 0.25) is 0 Å². The lowest BCUT2D eigenvalue weighted by Crippen LogP contribution is -2.31. The summed E-state index contributed by atoms with van der Waals surface area (Å²) in [4.78, 5) is 11.0. The highest BCUT2D eigenvalue weighted by molar-refractivity contribution is 7.91. The van der Waals surface area contributed by atoms with Gasteiger partial charge in [-0.25, -0.2) is 8.42 Å². The number of hydrogen-bond donors (Lipinski definition) is 1. The van der Waals surface area contributed by atoms with E-state index in [4.69, 9.17) is 5.11 Å². The maximum absolute atomic E-state index is 11.2. The zero-order chi connectivity index (χ0) is 10.8. The molecule has 0 saturated carbocycles. The van der Waals surface area contributed by atoms with Crippen LogP contribution < -0.4 is 0 Å². The second kappa shape index (κ2) is 3.62. The van der Waals surface area contributed by atoms with E-state index in [1.807, 2.05) is 0 Å². The number of hydrogen-bond acceptors (Lipinski definition) is 3. The number of carboxylic acids is 1. The third-order valence-corrected chi connectivity index (χ3v) is 4.26. The van der Waals surface area contributed by atoms with Crippen molar-refractivity contribution in [2.75, 3.05) is 11.5 Å². The minimum atomic E-state index is -3.18. The Morgan fingerprint density at radius 1 is 1.57 bits per heavy atom. The van der Waals surface area contributed by atoms with Gasteiger partial charge in [-0.3, -0.25) is 4.79 Å². The van der Waals surface area contributed by atoms with Crippen LogP contribution in [0.1, 0.15) is 19.8 Å². The fraction of sp³-hybridized carbons (Fsp3) is 0.667. The van der Waals surface area contributed by atoms with Crippen LogP contribution in [0.15, 0.2) is 0 Å². The van der Waals surface area contributed by atoms with E-state index in [1.54, 1.807) is 6.92 Å². The molecule has 0 spiro atoms. The van der Waals surface area contributed by atoms with Crippen LogP contribution in [0.3, 0.4) is 0 Å². The number of carboxylic acid groups (broad SMARTS) is 1. The van der Waals surface area contributed by atoms with Crippen LogP contribution in [0.25, 0.3) is 0 Å². The Hall–Kier alpha value is -1.02. The molecule has 0 aromatic carbocycles. The first kappa shape index (κ1) is 11.1. The van der Waals surface area contributed by atoms with Gasteiger partial charge in [0.05, 0.1) is 16.9 Å². The van der Waals surface area contributed by atoms with E-state index < -0.39 is 21.2 Å². The molecule has 1 N–H and O–H groups in total. The molecule has 1 fully saturated rings. The number of carbonyl (C=O) groups is 1. The van der Waals surface area contributed by atoms with Crippen LogP contribution in [0, 0.1) is 17.3 Å². The minimum absolute atomic E-state index is 0.0370. The number of aliphatic carboxylic acids is 1. The maximum Gasteiger partial charge on any atom is 0.311 e. The molecule has 1 atom stereocenters. The van der Waals surface area contributed by atoms with Gasteiger partial charge in [-0.05, 0) is 13.3 Å². The Balaban J connectivity index is 2.95. The molecule has 1 aliphatic heterocycles. The van der Waals surface area contributed by atoms with Gasteiger partial charge >= 0.3 is 5.97 Å². The normalized spacial score (nSPS) is 29.2. The summed E-state index contributed by atoms with van der Waals surface area (Å²) in [6.07, 6.45) is 0.303. The van der Waals surface area contributed by atoms with Crippen LogP contribution in [-0.4, -0.2) is 31.0 Å². The first-order valence-corrected chi connectivity index (χ1v) is 6.07. The van der Waals surface area contributed by atoms with Crippen LogP contribution >= 0.6 is 0 Å². The molecule has 1 heterocycles. The topological polar surface area (TPSA) is 71.4 Å². The average molecular weight is 216 g/mol. The van der Waals surface area contributed by atoms with Crippen molar-refractivity contribution < 1.29 is 18.3 Å². The molecule has 78 valence electrons. The molecule has 5 heteroatoms. The standard InChI is InChI=1S/C9H12O4S/c1-2-3-4-9(8(10)11)5-6-14(12,13)7-9/h4-7H2,1H3,(H,10,11). The quantitative estimate of drug-likeness (QED) is 0.673. The highest BCUT2D eigenvalue weighted by Crippen LogP contribution is 2.35. The third-order valence-electron chi connectivity index (χ3n) is 2.45. The fourth-order valence-electron chi connectivity index (χ4n) is 1.56. The predicted octanol–water partition coefficient (Wildman–Crippen LogP) is 0.289. The Kier molecular flexibility index (Phi) is 2.86. The molecule has 1 saturated heterocycles. The highest BCUT2D eigenvalue weighted by Gasteiger charge is 2.47. The summed E-state index contributed by atoms with van der Waals surface area (Å²) in [6, 6.07) is 0. The molecular weight excluding hydrogens is 204 g/mol. The van der Waals surface area contributed by atoms with E-state index in [0.717, 1.165) is 0 Å². The Bertz CT molecular complexity index is 398. The summed E-state index contributed by atoms with van der Waals surface area (Å²) in [6.45, 7) is 1.61. The second-order valence-corrected chi connectivity index (χ2v) is 5.72. The molecule has 14 heavy (non-hydrogen) atoms. The minimum Gasteiger partial charge on any atom is -0.481 e. The van der Waals surface area contributed by atoms with E-state index in [9.17, 15) is 13.2 Å². The lowest BCUT2D eigenvalue weighted by atomic mass is 9.84. The van der Waals surface area contributed by atoms with Crippen molar-refractivity contribution in [2.45, 2.75) is 19.8 Å². The summed E-state index contributed by atoms with van der Waals surface area (Å²) < 4.78 is 22.4. The monoisotopic (exact) mass is 216 g/mol. The van der Waals surface area contributed by atoms with E-state index in [2.05, 4.69) is 11.8 Å². The highest BCUT2D eigenvalue weighted by atomic mass is 32.2. The van der Waals surface area contributed by atoms with Gasteiger partial charge in [-0.1, -0.05) is 0 Å². The summed E-state index contributed by atoms with van der Waals surface area (Å²) in [5, 5.41) is 8.99. The van der Waals surface area contributed by atoms with Gasteiger partial charge in [0.2, 0.25) is 0 Å². The Morgan fingerprint density at radius 3 is 2.57 bits per heavy atom. The van der Waals surface area contributed by atoms with Crippen molar-refractivity contribution in [2.24, 2.45) is 5.41 Å². The number of sulfone groups is 1. The van der Waals surface area contributed by atoms with Crippen molar-refractivity contribution in [3.63, 3.8) is 0 Å². The summed E-state index contributed by atoms with van der Waals surface area (Å²) >= 11 is 0. The second-order valence-electron chi connectivity index (χ2n) is 3.53. The summed E-state index contributed by atoms with van der Waals surface area (Å²) in [5.41, 5.74) is -1.16. The zero-order valence-electron chi connectivity index (χ0n) is 7.91. The van der Waals surface area contributed by atoms with Gasteiger partial charge < -0.3 is 5.11 Å². The van der Waals surface area contributed by atoms with Gasteiger partial charge in [-0.2, -0.15) is 0 Å². The molecule has 4 nitrogen and oxygen atoms in total. The maximum atomic E-state index is 11.2. The largest absolute Gasteiger partial charge is 0.481 e. The van der Waals surface area contributed by atoms with Gasteiger partial charge in [-0.15, -0.1) is 11.8 Å². The van der Waals surface area contributed by atoms with Crippen molar-refractivity contribution in [1.82, 2.24) is 0 Å². The lowest BCUT2D eigenvalue weighted by molar-refractivity contribution is -0.147. The van der Waals surface area contributed by atoms with E-state index >= 15 is 0 Å². The Labute approximate surface area is 83.2 Å². The molecule has 0 amide bonds. The number of rotatable bonds is 2. The Morgan fingerprint density at radius 2 is 2.21 bits per heavy atom. The summed E-state index contributed by atoms with van der Waals surface area (Å²) in [7, 11) is -3.18. The van der Waals surface area contributed by atoms with E-state index in [1.165, 1.54) is 0 Å². The zero-order valence-corrected chi connectivity index (χ0v) is 8.73. The van der Waals surface area contributed by atoms with Crippen molar-refractivity contribution in [3.8, 4) is 11.8 Å². The van der Waals surface area contributed by atoms with Crippen molar-refractivity contribution in [3.05, 3.63) is 0 Å². The SMILES string of the molecule is CC#CCC1(C(=O)O)CCS(=O)(=O)C1. The molecule has 1 aliphatic rings. The molecular formula is C9H12O4S. The lowest BCUT2D eigenvalue weighted by Gasteiger charge is -2.18. The smallest absolute Gasteiger partial charge is 0.311 e. The predicted molar refractivity (Wildman–Crippen MR) is 51.4 cm³/mol. The first-order chi connectivity index (χ1) is 6.42. The molecule has 0 aliphatic carbocycles. The molecule has 0 bridgehead atoms. The fourth-order valence-corrected chi connectivity index (χ4v) is 3.62.